The van der Waals surface area contributed by atoms with Gasteiger partial charge in [0.25, 0.3) is 0 Å². The smallest absolute Gasteiger partial charge is 0.329 e. The van der Waals surface area contributed by atoms with Gasteiger partial charge in [-0.15, -0.1) is 10.2 Å². The molecule has 3 rings (SSSR count). The van der Waals surface area contributed by atoms with E-state index in [1.807, 2.05) is 30.3 Å². The van der Waals surface area contributed by atoms with Crippen LogP contribution in [0.5, 0.6) is 17.2 Å². The number of carbonyl (C=O) groups is 2. The van der Waals surface area contributed by atoms with Crippen molar-refractivity contribution in [2.24, 2.45) is 5.10 Å². The topological polar surface area (TPSA) is 124 Å². The highest BCUT2D eigenvalue weighted by Crippen LogP contribution is 2.38. The van der Waals surface area contributed by atoms with Gasteiger partial charge in [0.05, 0.1) is 27.5 Å². The summed E-state index contributed by atoms with van der Waals surface area (Å²) in [7, 11) is 4.45. The molecule has 31 heavy (non-hydrogen) atoms. The summed E-state index contributed by atoms with van der Waals surface area (Å²) >= 11 is 1.15. The number of hydrogen-bond acceptors (Lipinski definition) is 9. The van der Waals surface area contributed by atoms with Gasteiger partial charge in [-0.25, -0.2) is 5.43 Å². The number of methoxy groups -OCH3 is 3. The first-order chi connectivity index (χ1) is 15.1. The van der Waals surface area contributed by atoms with E-state index < -0.39 is 11.8 Å². The molecule has 0 unspecified atom stereocenters. The Bertz CT molecular complexity index is 1100. The molecule has 10 nitrogen and oxygen atoms in total. The number of hydrogen-bond donors (Lipinski definition) is 2. The number of amides is 2. The van der Waals surface area contributed by atoms with Crippen molar-refractivity contribution in [1.29, 1.82) is 0 Å². The molecule has 0 saturated carbocycles. The number of rotatable bonds is 7. The lowest BCUT2D eigenvalue weighted by Gasteiger charge is -2.13. The van der Waals surface area contributed by atoms with E-state index in [1.165, 1.54) is 27.5 Å². The zero-order chi connectivity index (χ0) is 22.2. The number of nitrogens with zero attached hydrogens (tertiary/aromatic N) is 3. The van der Waals surface area contributed by atoms with Crippen LogP contribution in [0.2, 0.25) is 0 Å². The molecule has 0 radical (unpaired) electrons. The highest BCUT2D eigenvalue weighted by Gasteiger charge is 2.17. The molecule has 0 aliphatic rings. The minimum absolute atomic E-state index is 0.199. The van der Waals surface area contributed by atoms with E-state index >= 15 is 0 Å². The fourth-order valence-corrected chi connectivity index (χ4v) is 3.31. The summed E-state index contributed by atoms with van der Waals surface area (Å²) in [5.41, 5.74) is 3.53. The molecule has 0 aliphatic heterocycles. The number of carbonyl (C=O) groups excluding carboxylic acids is 2. The largest absolute Gasteiger partial charge is 0.493 e. The summed E-state index contributed by atoms with van der Waals surface area (Å²) in [5.74, 6) is -0.665. The second-order valence-electron chi connectivity index (χ2n) is 5.86. The van der Waals surface area contributed by atoms with Crippen LogP contribution < -0.4 is 25.0 Å². The zero-order valence-corrected chi connectivity index (χ0v) is 17.7. The highest BCUT2D eigenvalue weighted by molar-refractivity contribution is 7.18. The van der Waals surface area contributed by atoms with Gasteiger partial charge in [-0.3, -0.25) is 14.9 Å². The van der Waals surface area contributed by atoms with Crippen molar-refractivity contribution >= 4 is 34.5 Å². The molecule has 1 aromatic heterocycles. The molecule has 0 atom stereocenters. The van der Waals surface area contributed by atoms with Crippen LogP contribution in [0.4, 0.5) is 5.13 Å². The Hall–Kier alpha value is -3.99. The normalized spacial score (nSPS) is 10.5. The van der Waals surface area contributed by atoms with Crippen molar-refractivity contribution in [3.8, 4) is 27.8 Å². The number of ether oxygens (including phenoxy) is 3. The average molecular weight is 441 g/mol. The molecule has 1 heterocycles. The summed E-state index contributed by atoms with van der Waals surface area (Å²) in [5, 5.41) is 14.9. The van der Waals surface area contributed by atoms with Gasteiger partial charge < -0.3 is 14.2 Å². The fourth-order valence-electron chi connectivity index (χ4n) is 2.56. The average Bonchev–Trinajstić information content (AvgIpc) is 3.27. The van der Waals surface area contributed by atoms with Crippen molar-refractivity contribution in [3.05, 3.63) is 48.0 Å². The van der Waals surface area contributed by atoms with E-state index in [0.29, 0.717) is 27.8 Å². The molecule has 11 heteroatoms. The van der Waals surface area contributed by atoms with Crippen LogP contribution in [0.15, 0.2) is 47.6 Å². The fraction of sp³-hybridized carbons (Fsp3) is 0.150. The van der Waals surface area contributed by atoms with Crippen molar-refractivity contribution < 1.29 is 23.8 Å². The summed E-state index contributed by atoms with van der Waals surface area (Å²) in [6, 6.07) is 12.7. The summed E-state index contributed by atoms with van der Waals surface area (Å²) < 4.78 is 15.8. The number of nitrogens with one attached hydrogen (secondary N) is 2. The lowest BCUT2D eigenvalue weighted by Crippen LogP contribution is -2.32. The van der Waals surface area contributed by atoms with Crippen molar-refractivity contribution in [2.75, 3.05) is 26.6 Å². The first kappa shape index (κ1) is 21.7. The molecule has 3 aromatic rings. The number of benzene rings is 2. The number of anilines is 1. The third kappa shape index (κ3) is 5.14. The maximum absolute atomic E-state index is 12.1. The first-order valence-electron chi connectivity index (χ1n) is 8.89. The van der Waals surface area contributed by atoms with Crippen molar-refractivity contribution in [1.82, 2.24) is 15.6 Å². The van der Waals surface area contributed by atoms with Gasteiger partial charge in [0.2, 0.25) is 10.9 Å². The minimum Gasteiger partial charge on any atom is -0.493 e. The van der Waals surface area contributed by atoms with Gasteiger partial charge in [0.1, 0.15) is 5.01 Å². The van der Waals surface area contributed by atoms with E-state index in [1.54, 1.807) is 12.1 Å². The number of hydrazone groups is 1. The van der Waals surface area contributed by atoms with Gasteiger partial charge in [0, 0.05) is 11.1 Å². The van der Waals surface area contributed by atoms with Crippen LogP contribution in [0.1, 0.15) is 5.56 Å². The van der Waals surface area contributed by atoms with E-state index in [0.717, 1.165) is 16.9 Å². The molecule has 0 fully saturated rings. The second-order valence-corrected chi connectivity index (χ2v) is 6.83. The Balaban J connectivity index is 1.63. The van der Waals surface area contributed by atoms with Crippen molar-refractivity contribution in [3.63, 3.8) is 0 Å². The Labute approximate surface area is 181 Å². The van der Waals surface area contributed by atoms with Crippen LogP contribution in [0.3, 0.4) is 0 Å². The Morgan fingerprint density at radius 1 is 0.935 bits per heavy atom. The van der Waals surface area contributed by atoms with Crippen LogP contribution in [0.25, 0.3) is 10.6 Å². The van der Waals surface area contributed by atoms with Crippen LogP contribution in [0, 0.1) is 0 Å². The zero-order valence-electron chi connectivity index (χ0n) is 16.9. The summed E-state index contributed by atoms with van der Waals surface area (Å²) in [6.45, 7) is 0. The monoisotopic (exact) mass is 441 g/mol. The SMILES string of the molecule is COc1ccc(C=NNC(=O)C(=O)Nc2nnc(-c3ccccc3)s2)c(OC)c1OC. The lowest BCUT2D eigenvalue weighted by atomic mass is 10.2. The first-order valence-corrected chi connectivity index (χ1v) is 9.71. The Morgan fingerprint density at radius 3 is 2.35 bits per heavy atom. The molecule has 2 aromatic carbocycles. The van der Waals surface area contributed by atoms with Crippen LogP contribution in [-0.2, 0) is 9.59 Å². The Kier molecular flexibility index (Phi) is 7.12. The minimum atomic E-state index is -0.966. The standard InChI is InChI=1S/C20H19N5O5S/c1-28-14-10-9-13(15(29-2)16(14)30-3)11-21-23-18(27)17(26)22-20-25-24-19(31-20)12-7-5-4-6-8-12/h4-11H,1-3H3,(H,23,27)(H,22,25,26). The number of aromatic nitrogens is 2. The quantitative estimate of drug-likeness (QED) is 0.328. The third-order valence-electron chi connectivity index (χ3n) is 3.98. The third-order valence-corrected chi connectivity index (χ3v) is 4.86. The summed E-state index contributed by atoms with van der Waals surface area (Å²) in [6.07, 6.45) is 1.32. The van der Waals surface area contributed by atoms with Gasteiger partial charge in [-0.2, -0.15) is 5.10 Å². The van der Waals surface area contributed by atoms with Crippen molar-refractivity contribution in [2.45, 2.75) is 0 Å². The lowest BCUT2D eigenvalue weighted by molar-refractivity contribution is -0.136. The molecule has 0 spiro atoms. The van der Waals surface area contributed by atoms with Crippen LogP contribution >= 0.6 is 11.3 Å². The molecular weight excluding hydrogens is 422 g/mol. The molecule has 0 aliphatic carbocycles. The van der Waals surface area contributed by atoms with Gasteiger partial charge in [0.15, 0.2) is 11.5 Å². The molecule has 0 saturated heterocycles. The summed E-state index contributed by atoms with van der Waals surface area (Å²) in [4.78, 5) is 24.1. The molecular formula is C20H19N5O5S. The molecule has 160 valence electrons. The highest BCUT2D eigenvalue weighted by atomic mass is 32.1. The second kappa shape index (κ2) is 10.2. The molecule has 0 bridgehead atoms. The predicted molar refractivity (Wildman–Crippen MR) is 116 cm³/mol. The van der Waals surface area contributed by atoms with E-state index in [2.05, 4.69) is 26.0 Å². The van der Waals surface area contributed by atoms with Gasteiger partial charge in [-0.05, 0) is 12.1 Å². The maximum atomic E-state index is 12.1. The van der Waals surface area contributed by atoms with E-state index in [9.17, 15) is 9.59 Å². The van der Waals surface area contributed by atoms with E-state index in [4.69, 9.17) is 14.2 Å². The molecule has 2 amide bonds. The van der Waals surface area contributed by atoms with Gasteiger partial charge in [-0.1, -0.05) is 41.7 Å². The van der Waals surface area contributed by atoms with E-state index in [-0.39, 0.29) is 5.13 Å². The van der Waals surface area contributed by atoms with Gasteiger partial charge >= 0.3 is 11.8 Å². The maximum Gasteiger partial charge on any atom is 0.329 e. The van der Waals surface area contributed by atoms with Crippen LogP contribution in [-0.4, -0.2) is 49.6 Å². The molecule has 2 N–H and O–H groups in total. The predicted octanol–water partition coefficient (Wildman–Crippen LogP) is 2.32. The Morgan fingerprint density at radius 2 is 1.68 bits per heavy atom.